The lowest BCUT2D eigenvalue weighted by Crippen LogP contribution is -2.36. The number of carbonyl (C=O) groups excluding carboxylic acids is 1. The van der Waals surface area contributed by atoms with Gasteiger partial charge in [0.1, 0.15) is 0 Å². The maximum absolute atomic E-state index is 14.1. The lowest BCUT2D eigenvalue weighted by molar-refractivity contribution is -0.144. The molecule has 6 N–H and O–H groups in total. The second kappa shape index (κ2) is 21.9. The summed E-state index contributed by atoms with van der Waals surface area (Å²) >= 11 is 3.31. The van der Waals surface area contributed by atoms with Crippen molar-refractivity contribution in [3.05, 3.63) is 95.1 Å². The molecule has 58 heavy (non-hydrogen) atoms. The highest BCUT2D eigenvalue weighted by atomic mass is 32.2. The number of benzene rings is 3. The van der Waals surface area contributed by atoms with E-state index in [2.05, 4.69) is 28.1 Å². The minimum absolute atomic E-state index is 0.000394. The van der Waals surface area contributed by atoms with Crippen molar-refractivity contribution in [3.8, 4) is 0 Å². The predicted octanol–water partition coefficient (Wildman–Crippen LogP) is 5.20. The minimum atomic E-state index is -0.784. The van der Waals surface area contributed by atoms with Crippen LogP contribution in [0.4, 0.5) is 0 Å². The van der Waals surface area contributed by atoms with Gasteiger partial charge in [0.2, 0.25) is 5.91 Å². The molecule has 6 atom stereocenters. The lowest BCUT2D eigenvalue weighted by atomic mass is 9.86. The summed E-state index contributed by atoms with van der Waals surface area (Å²) in [6.45, 7) is 5.74. The summed E-state index contributed by atoms with van der Waals surface area (Å²) in [6, 6.07) is 23.9. The average Bonchev–Trinajstić information content (AvgIpc) is 4.03. The third-order valence-electron chi connectivity index (χ3n) is 12.1. The van der Waals surface area contributed by atoms with Crippen molar-refractivity contribution >= 4 is 47.3 Å². The first-order valence-corrected chi connectivity index (χ1v) is 22.7. The Balaban J connectivity index is 1.10. The zero-order valence-electron chi connectivity index (χ0n) is 33.2. The van der Waals surface area contributed by atoms with Gasteiger partial charge < -0.3 is 36.2 Å². The second-order valence-corrected chi connectivity index (χ2v) is 18.4. The number of amides is 1. The molecule has 11 nitrogen and oxygen atoms in total. The molecule has 0 aromatic heterocycles. The van der Waals surface area contributed by atoms with E-state index < -0.39 is 35.7 Å². The SMILES string of the molecule is O=C(O)C(Cc1cccc(CC(=O)N(CCSc2cccc(CC(C(=O)O)C3CCNC3)c2)CCSc2cccc(CC(C(=O)O)C3CCNC3)c2)c1)C1CCNC1. The molecule has 312 valence electrons. The van der Waals surface area contributed by atoms with Gasteiger partial charge in [-0.05, 0) is 142 Å². The first-order valence-electron chi connectivity index (χ1n) is 20.7. The normalized spacial score (nSPS) is 20.7. The molecule has 0 saturated carbocycles. The van der Waals surface area contributed by atoms with Gasteiger partial charge in [-0.15, -0.1) is 23.5 Å². The van der Waals surface area contributed by atoms with Crippen LogP contribution in [0.3, 0.4) is 0 Å². The van der Waals surface area contributed by atoms with E-state index in [1.54, 1.807) is 23.5 Å². The highest BCUT2D eigenvalue weighted by Gasteiger charge is 2.33. The van der Waals surface area contributed by atoms with E-state index in [1.165, 1.54) is 0 Å². The standard InChI is InChI=1S/C45H58N4O7S2/c50-42(26-31-5-1-4-30(20-31)23-39(43(51)52)34-10-13-46-27-34)49(16-18-57-37-8-2-6-32(21-37)24-40(44(53)54)35-11-14-47-28-35)17-19-58-38-9-3-7-33(22-38)25-41(45(55)56)36-12-15-48-29-36/h1-9,20-22,34-36,39-41,46-48H,10-19,23-29H2,(H,51,52)(H,53,54)(H,55,56). The van der Waals surface area contributed by atoms with Crippen molar-refractivity contribution < 1.29 is 34.5 Å². The van der Waals surface area contributed by atoms with E-state index in [9.17, 15) is 34.5 Å². The number of nitrogens with zero attached hydrogens (tertiary/aromatic N) is 1. The zero-order valence-corrected chi connectivity index (χ0v) is 34.8. The zero-order chi connectivity index (χ0) is 40.9. The number of carboxylic acid groups (broad SMARTS) is 3. The molecule has 3 aliphatic heterocycles. The molecule has 3 heterocycles. The van der Waals surface area contributed by atoms with Gasteiger partial charge in [-0.2, -0.15) is 0 Å². The fourth-order valence-corrected chi connectivity index (χ4v) is 10.7. The van der Waals surface area contributed by atoms with Crippen LogP contribution in [0.1, 0.15) is 41.5 Å². The summed E-state index contributed by atoms with van der Waals surface area (Å²) in [4.78, 5) is 54.5. The average molecular weight is 831 g/mol. The molecule has 3 fully saturated rings. The smallest absolute Gasteiger partial charge is 0.307 e. The van der Waals surface area contributed by atoms with Gasteiger partial charge in [-0.1, -0.05) is 48.5 Å². The first-order chi connectivity index (χ1) is 28.1. The quantitative estimate of drug-likeness (QED) is 0.0734. The molecular formula is C45H58N4O7S2. The topological polar surface area (TPSA) is 168 Å². The Morgan fingerprint density at radius 1 is 0.569 bits per heavy atom. The highest BCUT2D eigenvalue weighted by Crippen LogP contribution is 2.29. The van der Waals surface area contributed by atoms with Gasteiger partial charge in [-0.3, -0.25) is 19.2 Å². The summed E-state index contributed by atoms with van der Waals surface area (Å²) in [5, 5.41) is 39.8. The third-order valence-corrected chi connectivity index (χ3v) is 14.0. The monoisotopic (exact) mass is 830 g/mol. The van der Waals surface area contributed by atoms with E-state index in [1.807, 2.05) is 65.6 Å². The second-order valence-electron chi connectivity index (χ2n) is 16.1. The van der Waals surface area contributed by atoms with Crippen LogP contribution >= 0.6 is 23.5 Å². The summed E-state index contributed by atoms with van der Waals surface area (Å²) in [5.41, 5.74) is 3.78. The number of carboxylic acids is 3. The van der Waals surface area contributed by atoms with E-state index >= 15 is 0 Å². The maximum atomic E-state index is 14.1. The van der Waals surface area contributed by atoms with Crippen molar-refractivity contribution in [2.45, 2.75) is 54.7 Å². The van der Waals surface area contributed by atoms with Crippen LogP contribution in [0.15, 0.2) is 82.6 Å². The molecule has 0 bridgehead atoms. The van der Waals surface area contributed by atoms with Crippen molar-refractivity contribution in [2.75, 3.05) is 63.9 Å². The predicted molar refractivity (Wildman–Crippen MR) is 228 cm³/mol. The van der Waals surface area contributed by atoms with Crippen molar-refractivity contribution in [3.63, 3.8) is 0 Å². The van der Waals surface area contributed by atoms with Gasteiger partial charge in [0.05, 0.1) is 24.2 Å². The minimum Gasteiger partial charge on any atom is -0.481 e. The van der Waals surface area contributed by atoms with Crippen LogP contribution in [-0.2, 0) is 44.9 Å². The molecule has 3 aromatic carbocycles. The van der Waals surface area contributed by atoms with Crippen LogP contribution in [0.5, 0.6) is 0 Å². The van der Waals surface area contributed by atoms with E-state index in [4.69, 9.17) is 0 Å². The van der Waals surface area contributed by atoms with E-state index in [-0.39, 0.29) is 30.1 Å². The molecule has 0 spiro atoms. The summed E-state index contributed by atoms with van der Waals surface area (Å²) in [7, 11) is 0. The van der Waals surface area contributed by atoms with Gasteiger partial charge in [0.25, 0.3) is 0 Å². The molecule has 3 aromatic rings. The number of hydrogen-bond donors (Lipinski definition) is 6. The maximum Gasteiger partial charge on any atom is 0.307 e. The number of rotatable bonds is 22. The molecule has 1 amide bonds. The summed E-state index contributed by atoms with van der Waals surface area (Å²) in [6.07, 6.45) is 4.18. The molecule has 13 heteroatoms. The largest absolute Gasteiger partial charge is 0.481 e. The van der Waals surface area contributed by atoms with Gasteiger partial charge >= 0.3 is 17.9 Å². The Morgan fingerprint density at radius 3 is 1.33 bits per heavy atom. The molecule has 0 radical (unpaired) electrons. The van der Waals surface area contributed by atoms with Gasteiger partial charge in [0.15, 0.2) is 0 Å². The Bertz CT molecular complexity index is 1760. The lowest BCUT2D eigenvalue weighted by Gasteiger charge is -2.23. The van der Waals surface area contributed by atoms with E-state index in [0.29, 0.717) is 50.4 Å². The van der Waals surface area contributed by atoms with Crippen molar-refractivity contribution in [1.82, 2.24) is 20.9 Å². The van der Waals surface area contributed by atoms with Gasteiger partial charge in [0, 0.05) is 34.4 Å². The number of carbonyl (C=O) groups is 4. The molecule has 6 rings (SSSR count). The van der Waals surface area contributed by atoms with Gasteiger partial charge in [-0.25, -0.2) is 0 Å². The molecule has 3 saturated heterocycles. The Hall–Kier alpha value is -3.88. The fourth-order valence-electron chi connectivity index (χ4n) is 8.78. The van der Waals surface area contributed by atoms with E-state index in [0.717, 1.165) is 84.0 Å². The summed E-state index contributed by atoms with van der Waals surface area (Å²) in [5.74, 6) is -2.00. The Kier molecular flexibility index (Phi) is 16.5. The number of thioether (sulfide) groups is 2. The number of aliphatic carboxylic acids is 3. The van der Waals surface area contributed by atoms with Crippen LogP contribution in [0.2, 0.25) is 0 Å². The third kappa shape index (κ3) is 12.8. The first kappa shape index (κ1) is 43.7. The van der Waals surface area contributed by atoms with Crippen LogP contribution in [0.25, 0.3) is 0 Å². The van der Waals surface area contributed by atoms with Crippen molar-refractivity contribution in [2.24, 2.45) is 35.5 Å². The molecule has 0 aliphatic carbocycles. The fraction of sp³-hybridized carbons (Fsp3) is 0.511. The van der Waals surface area contributed by atoms with Crippen LogP contribution in [0, 0.1) is 35.5 Å². The number of nitrogens with one attached hydrogen (secondary N) is 3. The molecule has 6 unspecified atom stereocenters. The highest BCUT2D eigenvalue weighted by molar-refractivity contribution is 7.99. The molecule has 3 aliphatic rings. The molecular weight excluding hydrogens is 773 g/mol. The number of hydrogen-bond acceptors (Lipinski definition) is 9. The van der Waals surface area contributed by atoms with Crippen molar-refractivity contribution in [1.29, 1.82) is 0 Å². The van der Waals surface area contributed by atoms with Crippen LogP contribution in [-0.4, -0.2) is 108 Å². The Morgan fingerprint density at radius 2 is 0.948 bits per heavy atom. The Labute approximate surface area is 350 Å². The summed E-state index contributed by atoms with van der Waals surface area (Å²) < 4.78 is 0. The van der Waals surface area contributed by atoms with Crippen LogP contribution < -0.4 is 16.0 Å².